The van der Waals surface area contributed by atoms with Gasteiger partial charge < -0.3 is 10.6 Å². The maximum absolute atomic E-state index is 12.1. The largest absolute Gasteiger partial charge is 0.348 e. The van der Waals surface area contributed by atoms with E-state index in [0.29, 0.717) is 6.04 Å². The number of aryl methyl sites for hydroxylation is 1. The minimum atomic E-state index is 0.0363. The SMILES string of the molecule is Cc1cccc(C(=O)N[C@@H]2CCCN[C@H]2C)c1. The monoisotopic (exact) mass is 232 g/mol. The molecule has 1 heterocycles. The Bertz CT molecular complexity index is 403. The highest BCUT2D eigenvalue weighted by Gasteiger charge is 2.22. The number of piperidine rings is 1. The summed E-state index contributed by atoms with van der Waals surface area (Å²) in [6.45, 7) is 5.18. The summed E-state index contributed by atoms with van der Waals surface area (Å²) in [5, 5.41) is 6.50. The van der Waals surface area contributed by atoms with Gasteiger partial charge in [0, 0.05) is 17.6 Å². The van der Waals surface area contributed by atoms with Crippen LogP contribution in [0.5, 0.6) is 0 Å². The van der Waals surface area contributed by atoms with Gasteiger partial charge in [-0.15, -0.1) is 0 Å². The van der Waals surface area contributed by atoms with Crippen LogP contribution in [0, 0.1) is 6.92 Å². The van der Waals surface area contributed by atoms with E-state index in [-0.39, 0.29) is 11.9 Å². The van der Waals surface area contributed by atoms with E-state index >= 15 is 0 Å². The number of nitrogens with one attached hydrogen (secondary N) is 2. The molecule has 2 atom stereocenters. The summed E-state index contributed by atoms with van der Waals surface area (Å²) < 4.78 is 0. The molecular weight excluding hydrogens is 212 g/mol. The van der Waals surface area contributed by atoms with E-state index in [1.807, 2.05) is 31.2 Å². The smallest absolute Gasteiger partial charge is 0.251 e. The second-order valence-electron chi connectivity index (χ2n) is 4.83. The summed E-state index contributed by atoms with van der Waals surface area (Å²) in [6, 6.07) is 8.32. The van der Waals surface area contributed by atoms with Crippen LogP contribution in [-0.2, 0) is 0 Å². The first-order valence-electron chi connectivity index (χ1n) is 6.28. The van der Waals surface area contributed by atoms with E-state index in [1.165, 1.54) is 0 Å². The molecule has 0 aromatic heterocycles. The fourth-order valence-electron chi connectivity index (χ4n) is 2.28. The fraction of sp³-hybridized carbons (Fsp3) is 0.500. The van der Waals surface area contributed by atoms with E-state index in [2.05, 4.69) is 17.6 Å². The molecule has 1 fully saturated rings. The molecule has 1 aromatic rings. The van der Waals surface area contributed by atoms with Crippen molar-refractivity contribution in [1.29, 1.82) is 0 Å². The molecule has 1 aromatic carbocycles. The van der Waals surface area contributed by atoms with Crippen LogP contribution >= 0.6 is 0 Å². The van der Waals surface area contributed by atoms with Crippen molar-refractivity contribution >= 4 is 5.91 Å². The average molecular weight is 232 g/mol. The van der Waals surface area contributed by atoms with Gasteiger partial charge in [-0.1, -0.05) is 17.7 Å². The third-order valence-corrected chi connectivity index (χ3v) is 3.36. The number of benzene rings is 1. The van der Waals surface area contributed by atoms with Gasteiger partial charge in [0.15, 0.2) is 0 Å². The van der Waals surface area contributed by atoms with E-state index in [1.54, 1.807) is 0 Å². The first-order valence-corrected chi connectivity index (χ1v) is 6.28. The molecule has 1 aliphatic heterocycles. The number of carbonyl (C=O) groups excluding carboxylic acids is 1. The molecule has 0 spiro atoms. The summed E-state index contributed by atoms with van der Waals surface area (Å²) in [4.78, 5) is 12.1. The van der Waals surface area contributed by atoms with Crippen LogP contribution in [0.25, 0.3) is 0 Å². The molecule has 92 valence electrons. The first-order chi connectivity index (χ1) is 8.16. The van der Waals surface area contributed by atoms with Crippen molar-refractivity contribution in [3.8, 4) is 0 Å². The molecule has 1 saturated heterocycles. The zero-order valence-electron chi connectivity index (χ0n) is 10.5. The number of hydrogen-bond acceptors (Lipinski definition) is 2. The van der Waals surface area contributed by atoms with Crippen LogP contribution in [0.15, 0.2) is 24.3 Å². The molecule has 0 aliphatic carbocycles. The highest BCUT2D eigenvalue weighted by molar-refractivity contribution is 5.94. The fourth-order valence-corrected chi connectivity index (χ4v) is 2.28. The topological polar surface area (TPSA) is 41.1 Å². The van der Waals surface area contributed by atoms with Crippen LogP contribution in [0.2, 0.25) is 0 Å². The quantitative estimate of drug-likeness (QED) is 0.817. The molecule has 0 unspecified atom stereocenters. The van der Waals surface area contributed by atoms with Gasteiger partial charge in [0.05, 0.1) is 0 Å². The zero-order valence-corrected chi connectivity index (χ0v) is 10.5. The second-order valence-corrected chi connectivity index (χ2v) is 4.83. The predicted octanol–water partition coefficient (Wildman–Crippen LogP) is 1.87. The van der Waals surface area contributed by atoms with Crippen LogP contribution < -0.4 is 10.6 Å². The lowest BCUT2D eigenvalue weighted by Gasteiger charge is -2.30. The summed E-state index contributed by atoms with van der Waals surface area (Å²) >= 11 is 0. The summed E-state index contributed by atoms with van der Waals surface area (Å²) in [5.74, 6) is 0.0363. The lowest BCUT2D eigenvalue weighted by Crippen LogP contribution is -2.51. The predicted molar refractivity (Wildman–Crippen MR) is 69.1 cm³/mol. The van der Waals surface area contributed by atoms with E-state index < -0.39 is 0 Å². The van der Waals surface area contributed by atoms with Crippen LogP contribution in [0.1, 0.15) is 35.7 Å². The molecule has 17 heavy (non-hydrogen) atoms. The minimum absolute atomic E-state index is 0.0363. The lowest BCUT2D eigenvalue weighted by atomic mass is 9.99. The van der Waals surface area contributed by atoms with Gasteiger partial charge in [0.1, 0.15) is 0 Å². The zero-order chi connectivity index (χ0) is 12.3. The van der Waals surface area contributed by atoms with Crippen LogP contribution in [-0.4, -0.2) is 24.5 Å². The Morgan fingerprint density at radius 1 is 1.47 bits per heavy atom. The van der Waals surface area contributed by atoms with Gasteiger partial charge >= 0.3 is 0 Å². The van der Waals surface area contributed by atoms with Crippen LogP contribution in [0.3, 0.4) is 0 Å². The molecule has 2 rings (SSSR count). The molecule has 1 aliphatic rings. The van der Waals surface area contributed by atoms with Gasteiger partial charge in [-0.25, -0.2) is 0 Å². The van der Waals surface area contributed by atoms with Crippen molar-refractivity contribution in [2.24, 2.45) is 0 Å². The molecule has 2 N–H and O–H groups in total. The molecule has 1 amide bonds. The van der Waals surface area contributed by atoms with Crippen LogP contribution in [0.4, 0.5) is 0 Å². The molecule has 3 heteroatoms. The second kappa shape index (κ2) is 5.32. The highest BCUT2D eigenvalue weighted by Crippen LogP contribution is 2.10. The number of amides is 1. The molecular formula is C14H20N2O. The van der Waals surface area contributed by atoms with Crippen molar-refractivity contribution in [3.63, 3.8) is 0 Å². The van der Waals surface area contributed by atoms with Gasteiger partial charge in [0.2, 0.25) is 0 Å². The van der Waals surface area contributed by atoms with Crippen molar-refractivity contribution in [3.05, 3.63) is 35.4 Å². The van der Waals surface area contributed by atoms with E-state index in [0.717, 1.165) is 30.5 Å². The maximum atomic E-state index is 12.1. The molecule has 3 nitrogen and oxygen atoms in total. The van der Waals surface area contributed by atoms with E-state index in [4.69, 9.17) is 0 Å². The van der Waals surface area contributed by atoms with Crippen molar-refractivity contribution in [2.75, 3.05) is 6.54 Å². The highest BCUT2D eigenvalue weighted by atomic mass is 16.1. The maximum Gasteiger partial charge on any atom is 0.251 e. The average Bonchev–Trinajstić information content (AvgIpc) is 2.32. The summed E-state index contributed by atoms with van der Waals surface area (Å²) in [5.41, 5.74) is 1.87. The Balaban J connectivity index is 2.01. The Labute approximate surface area is 103 Å². The lowest BCUT2D eigenvalue weighted by molar-refractivity contribution is 0.0920. The molecule has 0 bridgehead atoms. The van der Waals surface area contributed by atoms with Crippen molar-refractivity contribution < 1.29 is 4.79 Å². The third kappa shape index (κ3) is 3.07. The summed E-state index contributed by atoms with van der Waals surface area (Å²) in [6.07, 6.45) is 2.19. The number of carbonyl (C=O) groups is 1. The Morgan fingerprint density at radius 2 is 2.29 bits per heavy atom. The van der Waals surface area contributed by atoms with Gasteiger partial charge in [-0.05, 0) is 45.4 Å². The Kier molecular flexibility index (Phi) is 3.79. The Hall–Kier alpha value is -1.35. The van der Waals surface area contributed by atoms with Gasteiger partial charge in [-0.3, -0.25) is 4.79 Å². The number of rotatable bonds is 2. The molecule has 0 saturated carbocycles. The van der Waals surface area contributed by atoms with Gasteiger partial charge in [-0.2, -0.15) is 0 Å². The summed E-state index contributed by atoms with van der Waals surface area (Å²) in [7, 11) is 0. The normalized spacial score (nSPS) is 24.4. The van der Waals surface area contributed by atoms with Crippen molar-refractivity contribution in [1.82, 2.24) is 10.6 Å². The standard InChI is InChI=1S/C14H20N2O/c1-10-5-3-6-12(9-10)14(17)16-13-7-4-8-15-11(13)2/h3,5-6,9,11,13,15H,4,7-8H2,1-2H3,(H,16,17)/t11-,13+/m0/s1. The van der Waals surface area contributed by atoms with Gasteiger partial charge in [0.25, 0.3) is 5.91 Å². The minimum Gasteiger partial charge on any atom is -0.348 e. The molecule has 0 radical (unpaired) electrons. The Morgan fingerprint density at radius 3 is 3.00 bits per heavy atom. The van der Waals surface area contributed by atoms with Crippen molar-refractivity contribution in [2.45, 2.75) is 38.8 Å². The first kappa shape index (κ1) is 12.1. The number of hydrogen-bond donors (Lipinski definition) is 2. The van der Waals surface area contributed by atoms with E-state index in [9.17, 15) is 4.79 Å². The third-order valence-electron chi connectivity index (χ3n) is 3.36.